The number of anilines is 1. The second-order valence-electron chi connectivity index (χ2n) is 3.13. The molecule has 0 aromatic heterocycles. The standard InChI is InChI=1S/C12H16NO/c1-3-10(4-2)12(14)13-11-8-6-5-7-9-11/h5-9H,3-4H2,1-2H3,(H,13,14). The molecule has 0 unspecified atom stereocenters. The van der Waals surface area contributed by atoms with Crippen LogP contribution in [0, 0.1) is 5.92 Å². The number of para-hydroxylation sites is 1. The number of nitrogens with one attached hydrogen (secondary N) is 1. The van der Waals surface area contributed by atoms with Crippen LogP contribution in [0.2, 0.25) is 0 Å². The molecule has 0 saturated heterocycles. The summed E-state index contributed by atoms with van der Waals surface area (Å²) < 4.78 is 0. The number of amides is 1. The fourth-order valence-electron chi connectivity index (χ4n) is 1.31. The molecule has 0 atom stereocenters. The Labute approximate surface area is 85.3 Å². The van der Waals surface area contributed by atoms with E-state index in [1.165, 1.54) is 0 Å². The van der Waals surface area contributed by atoms with Gasteiger partial charge in [-0.25, -0.2) is 0 Å². The maximum atomic E-state index is 11.6. The Hall–Kier alpha value is -1.31. The lowest BCUT2D eigenvalue weighted by Crippen LogP contribution is -2.19. The van der Waals surface area contributed by atoms with Gasteiger partial charge in [0.15, 0.2) is 0 Å². The van der Waals surface area contributed by atoms with E-state index in [0.717, 1.165) is 24.4 Å². The van der Waals surface area contributed by atoms with Crippen LogP contribution in [0.4, 0.5) is 5.69 Å². The van der Waals surface area contributed by atoms with Crippen molar-refractivity contribution in [1.29, 1.82) is 0 Å². The van der Waals surface area contributed by atoms with E-state index in [0.29, 0.717) is 0 Å². The Morgan fingerprint density at radius 3 is 2.21 bits per heavy atom. The quantitative estimate of drug-likeness (QED) is 0.776. The predicted octanol–water partition coefficient (Wildman–Crippen LogP) is 3.02. The fourth-order valence-corrected chi connectivity index (χ4v) is 1.31. The number of carbonyl (C=O) groups excluding carboxylic acids is 1. The Morgan fingerprint density at radius 1 is 1.14 bits per heavy atom. The molecule has 0 aliphatic carbocycles. The van der Waals surface area contributed by atoms with Crippen molar-refractivity contribution in [3.63, 3.8) is 0 Å². The molecule has 0 saturated carbocycles. The molecular formula is C12H16NO. The molecule has 1 aromatic carbocycles. The minimum atomic E-state index is 0.0428. The summed E-state index contributed by atoms with van der Waals surface area (Å²) in [5.41, 5.74) is 0.858. The molecule has 1 N–H and O–H groups in total. The lowest BCUT2D eigenvalue weighted by Gasteiger charge is -2.11. The van der Waals surface area contributed by atoms with E-state index in [-0.39, 0.29) is 5.91 Å². The van der Waals surface area contributed by atoms with E-state index in [4.69, 9.17) is 0 Å². The molecule has 0 fully saturated rings. The monoisotopic (exact) mass is 190 g/mol. The highest BCUT2D eigenvalue weighted by molar-refractivity contribution is 6.00. The molecule has 0 heterocycles. The van der Waals surface area contributed by atoms with E-state index < -0.39 is 0 Å². The summed E-state index contributed by atoms with van der Waals surface area (Å²) in [7, 11) is 0. The molecule has 1 rings (SSSR count). The Balaban J connectivity index is 2.57. The van der Waals surface area contributed by atoms with Crippen LogP contribution in [0.25, 0.3) is 0 Å². The van der Waals surface area contributed by atoms with Gasteiger partial charge in [-0.1, -0.05) is 32.0 Å². The SMILES string of the molecule is CC[C](CC)C(=O)Nc1ccccc1. The van der Waals surface area contributed by atoms with Gasteiger partial charge in [-0.15, -0.1) is 0 Å². The highest BCUT2D eigenvalue weighted by Gasteiger charge is 2.14. The molecule has 1 radical (unpaired) electrons. The summed E-state index contributed by atoms with van der Waals surface area (Å²) in [6.45, 7) is 4.01. The van der Waals surface area contributed by atoms with E-state index in [9.17, 15) is 4.79 Å². The van der Waals surface area contributed by atoms with E-state index in [1.54, 1.807) is 0 Å². The first-order chi connectivity index (χ1) is 6.77. The maximum Gasteiger partial charge on any atom is 0.231 e. The average Bonchev–Trinajstić information content (AvgIpc) is 2.21. The largest absolute Gasteiger partial charge is 0.326 e. The Bertz CT molecular complexity index is 278. The number of hydrogen-bond acceptors (Lipinski definition) is 1. The molecule has 2 nitrogen and oxygen atoms in total. The summed E-state index contributed by atoms with van der Waals surface area (Å²) >= 11 is 0. The summed E-state index contributed by atoms with van der Waals surface area (Å²) in [6, 6.07) is 9.53. The van der Waals surface area contributed by atoms with Crippen LogP contribution in [0.15, 0.2) is 30.3 Å². The van der Waals surface area contributed by atoms with Crippen molar-refractivity contribution in [1.82, 2.24) is 0 Å². The van der Waals surface area contributed by atoms with Crippen molar-refractivity contribution in [2.24, 2.45) is 0 Å². The topological polar surface area (TPSA) is 29.1 Å². The highest BCUT2D eigenvalue weighted by atomic mass is 16.1. The molecule has 2 heteroatoms. The third-order valence-corrected chi connectivity index (χ3v) is 2.21. The van der Waals surface area contributed by atoms with Gasteiger partial charge in [-0.3, -0.25) is 4.79 Å². The van der Waals surface area contributed by atoms with Crippen LogP contribution in [-0.4, -0.2) is 5.91 Å². The maximum absolute atomic E-state index is 11.6. The minimum absolute atomic E-state index is 0.0428. The highest BCUT2D eigenvalue weighted by Crippen LogP contribution is 2.14. The van der Waals surface area contributed by atoms with Crippen molar-refractivity contribution in [2.75, 3.05) is 5.32 Å². The van der Waals surface area contributed by atoms with Gasteiger partial charge < -0.3 is 5.32 Å². The van der Waals surface area contributed by atoms with Crippen LogP contribution >= 0.6 is 0 Å². The Kier molecular flexibility index (Phi) is 4.17. The molecule has 75 valence electrons. The molecule has 0 spiro atoms. The summed E-state index contributed by atoms with van der Waals surface area (Å²) in [6.07, 6.45) is 1.63. The molecule has 14 heavy (non-hydrogen) atoms. The zero-order chi connectivity index (χ0) is 10.4. The second kappa shape index (κ2) is 5.43. The normalized spacial score (nSPS) is 10.2. The van der Waals surface area contributed by atoms with Crippen molar-refractivity contribution in [2.45, 2.75) is 26.7 Å². The summed E-state index contributed by atoms with van der Waals surface area (Å²) in [5.74, 6) is 0.982. The molecule has 1 aromatic rings. The van der Waals surface area contributed by atoms with Crippen LogP contribution < -0.4 is 5.32 Å². The summed E-state index contributed by atoms with van der Waals surface area (Å²) in [5, 5.41) is 2.87. The number of carbonyl (C=O) groups is 1. The third-order valence-electron chi connectivity index (χ3n) is 2.21. The van der Waals surface area contributed by atoms with Crippen molar-refractivity contribution >= 4 is 11.6 Å². The second-order valence-corrected chi connectivity index (χ2v) is 3.13. The third kappa shape index (κ3) is 2.87. The molecular weight excluding hydrogens is 174 g/mol. The van der Waals surface area contributed by atoms with Crippen molar-refractivity contribution in [3.8, 4) is 0 Å². The van der Waals surface area contributed by atoms with Gasteiger partial charge in [-0.05, 0) is 25.0 Å². The lowest BCUT2D eigenvalue weighted by molar-refractivity contribution is -0.114. The first-order valence-electron chi connectivity index (χ1n) is 4.99. The Morgan fingerprint density at radius 2 is 1.71 bits per heavy atom. The molecule has 0 aliphatic heterocycles. The number of hydrogen-bond donors (Lipinski definition) is 1. The zero-order valence-corrected chi connectivity index (χ0v) is 8.71. The van der Waals surface area contributed by atoms with Gasteiger partial charge >= 0.3 is 0 Å². The van der Waals surface area contributed by atoms with E-state index in [1.807, 2.05) is 44.2 Å². The van der Waals surface area contributed by atoms with Gasteiger partial charge in [0.2, 0.25) is 5.91 Å². The van der Waals surface area contributed by atoms with Crippen molar-refractivity contribution < 1.29 is 4.79 Å². The van der Waals surface area contributed by atoms with Crippen molar-refractivity contribution in [3.05, 3.63) is 36.2 Å². The van der Waals surface area contributed by atoms with Gasteiger partial charge in [0.25, 0.3) is 0 Å². The molecule has 0 bridgehead atoms. The van der Waals surface area contributed by atoms with Gasteiger partial charge in [0.1, 0.15) is 0 Å². The van der Waals surface area contributed by atoms with Gasteiger partial charge in [0.05, 0.1) is 5.92 Å². The van der Waals surface area contributed by atoms with E-state index >= 15 is 0 Å². The van der Waals surface area contributed by atoms with Crippen LogP contribution in [-0.2, 0) is 4.79 Å². The average molecular weight is 190 g/mol. The van der Waals surface area contributed by atoms with Crippen LogP contribution in [0.5, 0.6) is 0 Å². The zero-order valence-electron chi connectivity index (χ0n) is 8.71. The molecule has 0 aliphatic rings. The number of rotatable bonds is 4. The first-order valence-corrected chi connectivity index (χ1v) is 4.99. The lowest BCUT2D eigenvalue weighted by atomic mass is 10.0. The first kappa shape index (κ1) is 10.8. The summed E-state index contributed by atoms with van der Waals surface area (Å²) in [4.78, 5) is 11.6. The predicted molar refractivity (Wildman–Crippen MR) is 58.9 cm³/mol. The van der Waals surface area contributed by atoms with Gasteiger partial charge in [-0.2, -0.15) is 0 Å². The van der Waals surface area contributed by atoms with Crippen LogP contribution in [0.1, 0.15) is 26.7 Å². The van der Waals surface area contributed by atoms with Crippen LogP contribution in [0.3, 0.4) is 0 Å². The van der Waals surface area contributed by atoms with Gasteiger partial charge in [0, 0.05) is 5.69 Å². The molecule has 1 amide bonds. The van der Waals surface area contributed by atoms with E-state index in [2.05, 4.69) is 5.32 Å². The minimum Gasteiger partial charge on any atom is -0.326 e. The fraction of sp³-hybridized carbons (Fsp3) is 0.333. The number of benzene rings is 1. The smallest absolute Gasteiger partial charge is 0.231 e.